The Kier molecular flexibility index (Phi) is 6.82. The minimum Gasteiger partial charge on any atom is -0.452 e. The van der Waals surface area contributed by atoms with Crippen molar-refractivity contribution in [2.75, 3.05) is 6.61 Å². The third-order valence-corrected chi connectivity index (χ3v) is 2.51. The van der Waals surface area contributed by atoms with Crippen LogP contribution in [0.4, 0.5) is 4.79 Å². The third kappa shape index (κ3) is 7.23. The number of imide groups is 1. The molecule has 0 aliphatic rings. The van der Waals surface area contributed by atoms with Crippen molar-refractivity contribution in [3.8, 4) is 0 Å². The molecule has 0 radical (unpaired) electrons. The van der Waals surface area contributed by atoms with Gasteiger partial charge in [-0.05, 0) is 32.4 Å². The molecule has 0 unspecified atom stereocenters. The second kappa shape index (κ2) is 8.61. The third-order valence-electron chi connectivity index (χ3n) is 2.51. The summed E-state index contributed by atoms with van der Waals surface area (Å²) in [6.07, 6.45) is 2.82. The largest absolute Gasteiger partial charge is 0.452 e. The van der Waals surface area contributed by atoms with Crippen molar-refractivity contribution >= 4 is 24.0 Å². The van der Waals surface area contributed by atoms with E-state index in [0.29, 0.717) is 0 Å². The van der Waals surface area contributed by atoms with Crippen molar-refractivity contribution < 1.29 is 19.1 Å². The molecule has 6 heteroatoms. The van der Waals surface area contributed by atoms with Crippen LogP contribution in [0, 0.1) is 6.92 Å². The fourth-order valence-electron chi connectivity index (χ4n) is 1.49. The molecule has 0 saturated heterocycles. The van der Waals surface area contributed by atoms with Gasteiger partial charge in [0.15, 0.2) is 6.61 Å². The van der Waals surface area contributed by atoms with Gasteiger partial charge in [-0.15, -0.1) is 0 Å². The van der Waals surface area contributed by atoms with E-state index in [4.69, 9.17) is 4.74 Å². The zero-order chi connectivity index (χ0) is 16.5. The number of amides is 3. The van der Waals surface area contributed by atoms with Gasteiger partial charge in [0.25, 0.3) is 5.91 Å². The van der Waals surface area contributed by atoms with Crippen LogP contribution in [0.15, 0.2) is 30.3 Å². The summed E-state index contributed by atoms with van der Waals surface area (Å²) in [6, 6.07) is 6.86. The Labute approximate surface area is 129 Å². The summed E-state index contributed by atoms with van der Waals surface area (Å²) in [5, 5.41) is 4.54. The molecule has 1 aromatic rings. The van der Waals surface area contributed by atoms with Crippen molar-refractivity contribution in [2.24, 2.45) is 0 Å². The summed E-state index contributed by atoms with van der Waals surface area (Å²) in [7, 11) is 0. The molecule has 0 spiro atoms. The Bertz CT molecular complexity index is 562. The van der Waals surface area contributed by atoms with Gasteiger partial charge in [-0.1, -0.05) is 29.8 Å². The van der Waals surface area contributed by atoms with E-state index in [1.165, 1.54) is 6.08 Å². The Hall–Kier alpha value is -2.63. The average molecular weight is 304 g/mol. The highest BCUT2D eigenvalue weighted by Crippen LogP contribution is 2.04. The Morgan fingerprint density at radius 3 is 2.41 bits per heavy atom. The number of urea groups is 1. The standard InChI is InChI=1S/C16H20N2O4/c1-11(2)17-16(21)18-14(19)10-22-15(20)9-8-13-6-4-12(3)5-7-13/h4-9,11H,10H2,1-3H3,(H2,17,18,19,21)/b9-8+. The minimum absolute atomic E-state index is 0.0900. The second-order valence-electron chi connectivity index (χ2n) is 5.03. The van der Waals surface area contributed by atoms with Crippen LogP contribution in [0.3, 0.4) is 0 Å². The summed E-state index contributed by atoms with van der Waals surface area (Å²) >= 11 is 0. The molecule has 0 saturated carbocycles. The van der Waals surface area contributed by atoms with Crippen LogP contribution < -0.4 is 10.6 Å². The molecule has 0 atom stereocenters. The van der Waals surface area contributed by atoms with Crippen LogP contribution in [0.5, 0.6) is 0 Å². The first-order valence-corrected chi connectivity index (χ1v) is 6.88. The van der Waals surface area contributed by atoms with Gasteiger partial charge in [0, 0.05) is 12.1 Å². The summed E-state index contributed by atoms with van der Waals surface area (Å²) < 4.78 is 4.74. The molecule has 2 N–H and O–H groups in total. The number of hydrogen-bond acceptors (Lipinski definition) is 4. The van der Waals surface area contributed by atoms with Crippen molar-refractivity contribution in [3.05, 3.63) is 41.5 Å². The Balaban J connectivity index is 2.35. The fourth-order valence-corrected chi connectivity index (χ4v) is 1.49. The van der Waals surface area contributed by atoms with Crippen LogP contribution in [0.25, 0.3) is 6.08 Å². The van der Waals surface area contributed by atoms with Gasteiger partial charge < -0.3 is 10.1 Å². The van der Waals surface area contributed by atoms with E-state index >= 15 is 0 Å². The first-order valence-electron chi connectivity index (χ1n) is 6.88. The molecule has 3 amide bonds. The Morgan fingerprint density at radius 2 is 1.82 bits per heavy atom. The molecule has 0 aliphatic carbocycles. The number of esters is 1. The molecule has 1 aromatic carbocycles. The molecule has 6 nitrogen and oxygen atoms in total. The van der Waals surface area contributed by atoms with E-state index in [1.54, 1.807) is 19.9 Å². The molecule has 0 aliphatic heterocycles. The number of aryl methyl sites for hydroxylation is 1. The van der Waals surface area contributed by atoms with Crippen molar-refractivity contribution in [1.29, 1.82) is 0 Å². The molecule has 1 rings (SSSR count). The van der Waals surface area contributed by atoms with Crippen LogP contribution in [0.1, 0.15) is 25.0 Å². The van der Waals surface area contributed by atoms with Crippen LogP contribution in [0.2, 0.25) is 0 Å². The van der Waals surface area contributed by atoms with Gasteiger partial charge in [0.05, 0.1) is 0 Å². The normalized spacial score (nSPS) is 10.5. The predicted molar refractivity (Wildman–Crippen MR) is 83.0 cm³/mol. The van der Waals surface area contributed by atoms with Crippen molar-refractivity contribution in [1.82, 2.24) is 10.6 Å². The molecule has 118 valence electrons. The van der Waals surface area contributed by atoms with Crippen LogP contribution in [-0.4, -0.2) is 30.6 Å². The van der Waals surface area contributed by atoms with Gasteiger partial charge in [-0.3, -0.25) is 10.1 Å². The van der Waals surface area contributed by atoms with E-state index < -0.39 is 24.5 Å². The SMILES string of the molecule is Cc1ccc(/C=C/C(=O)OCC(=O)NC(=O)NC(C)C)cc1. The summed E-state index contributed by atoms with van der Waals surface area (Å²) in [5.74, 6) is -1.34. The summed E-state index contributed by atoms with van der Waals surface area (Å²) in [5.41, 5.74) is 1.97. The number of rotatable bonds is 5. The van der Waals surface area contributed by atoms with Gasteiger partial charge in [0.1, 0.15) is 0 Å². The van der Waals surface area contributed by atoms with Crippen molar-refractivity contribution in [3.63, 3.8) is 0 Å². The highest BCUT2D eigenvalue weighted by atomic mass is 16.5. The highest BCUT2D eigenvalue weighted by Gasteiger charge is 2.10. The molecule has 22 heavy (non-hydrogen) atoms. The quantitative estimate of drug-likeness (QED) is 0.641. The smallest absolute Gasteiger partial charge is 0.331 e. The number of nitrogens with one attached hydrogen (secondary N) is 2. The summed E-state index contributed by atoms with van der Waals surface area (Å²) in [4.78, 5) is 34.1. The lowest BCUT2D eigenvalue weighted by molar-refractivity contribution is -0.143. The molecule has 0 bridgehead atoms. The van der Waals surface area contributed by atoms with Gasteiger partial charge in [0.2, 0.25) is 0 Å². The zero-order valence-electron chi connectivity index (χ0n) is 12.9. The van der Waals surface area contributed by atoms with Crippen LogP contribution >= 0.6 is 0 Å². The molecule has 0 aromatic heterocycles. The highest BCUT2D eigenvalue weighted by molar-refractivity contribution is 5.96. The molecule has 0 heterocycles. The monoisotopic (exact) mass is 304 g/mol. The van der Waals surface area contributed by atoms with Gasteiger partial charge in [-0.25, -0.2) is 9.59 Å². The number of carbonyl (C=O) groups excluding carboxylic acids is 3. The van der Waals surface area contributed by atoms with Gasteiger partial charge >= 0.3 is 12.0 Å². The second-order valence-corrected chi connectivity index (χ2v) is 5.03. The lowest BCUT2D eigenvalue weighted by Gasteiger charge is -2.08. The molecular weight excluding hydrogens is 284 g/mol. The first-order chi connectivity index (χ1) is 10.4. The number of hydrogen-bond donors (Lipinski definition) is 2. The first kappa shape index (κ1) is 17.4. The summed E-state index contributed by atoms with van der Waals surface area (Å²) in [6.45, 7) is 4.98. The lowest BCUT2D eigenvalue weighted by Crippen LogP contribution is -2.43. The van der Waals surface area contributed by atoms with Crippen LogP contribution in [-0.2, 0) is 14.3 Å². The predicted octanol–water partition coefficient (Wildman–Crippen LogP) is 1.79. The van der Waals surface area contributed by atoms with E-state index in [2.05, 4.69) is 10.6 Å². The maximum atomic E-state index is 11.5. The average Bonchev–Trinajstić information content (AvgIpc) is 2.43. The lowest BCUT2D eigenvalue weighted by atomic mass is 10.1. The maximum Gasteiger partial charge on any atom is 0.331 e. The number of ether oxygens (including phenoxy) is 1. The molecular formula is C16H20N2O4. The topological polar surface area (TPSA) is 84.5 Å². The van der Waals surface area contributed by atoms with E-state index in [1.807, 2.05) is 31.2 Å². The number of carbonyl (C=O) groups is 3. The minimum atomic E-state index is -0.685. The van der Waals surface area contributed by atoms with Gasteiger partial charge in [-0.2, -0.15) is 0 Å². The zero-order valence-corrected chi connectivity index (χ0v) is 12.9. The molecule has 0 fully saturated rings. The van der Waals surface area contributed by atoms with E-state index in [0.717, 1.165) is 11.1 Å². The van der Waals surface area contributed by atoms with E-state index in [9.17, 15) is 14.4 Å². The van der Waals surface area contributed by atoms with Crippen molar-refractivity contribution in [2.45, 2.75) is 26.8 Å². The maximum absolute atomic E-state index is 11.5. The number of benzene rings is 1. The fraction of sp³-hybridized carbons (Fsp3) is 0.312. The Morgan fingerprint density at radius 1 is 1.18 bits per heavy atom. The van der Waals surface area contributed by atoms with E-state index in [-0.39, 0.29) is 6.04 Å².